The SMILES string of the molecule is O=C(CCl)OCCCCCCCCCl. The lowest BCUT2D eigenvalue weighted by molar-refractivity contribution is -0.140. The smallest absolute Gasteiger partial charge is 0.320 e. The van der Waals surface area contributed by atoms with Crippen LogP contribution in [0.5, 0.6) is 0 Å². The topological polar surface area (TPSA) is 26.3 Å². The van der Waals surface area contributed by atoms with E-state index in [1.54, 1.807) is 0 Å². The van der Waals surface area contributed by atoms with Gasteiger partial charge in [-0.1, -0.05) is 25.7 Å². The molecular formula is C10H18Cl2O2. The van der Waals surface area contributed by atoms with Crippen LogP contribution in [0.1, 0.15) is 38.5 Å². The fourth-order valence-electron chi connectivity index (χ4n) is 1.13. The summed E-state index contributed by atoms with van der Waals surface area (Å²) in [5.74, 6) is 0.386. The third-order valence-corrected chi connectivity index (χ3v) is 2.39. The van der Waals surface area contributed by atoms with Gasteiger partial charge in [0.25, 0.3) is 0 Å². The van der Waals surface area contributed by atoms with Crippen LogP contribution < -0.4 is 0 Å². The molecule has 4 heteroatoms. The number of ether oxygens (including phenoxy) is 1. The molecule has 2 nitrogen and oxygen atoms in total. The summed E-state index contributed by atoms with van der Waals surface area (Å²) in [5, 5.41) is 0. The van der Waals surface area contributed by atoms with Crippen LogP contribution in [0, 0.1) is 0 Å². The predicted octanol–water partition coefficient (Wildman–Crippen LogP) is 3.35. The molecule has 0 aromatic rings. The fraction of sp³-hybridized carbons (Fsp3) is 0.900. The Kier molecular flexibility index (Phi) is 11.2. The molecule has 0 atom stereocenters. The van der Waals surface area contributed by atoms with Gasteiger partial charge in [0.2, 0.25) is 0 Å². The van der Waals surface area contributed by atoms with Crippen LogP contribution in [0.2, 0.25) is 0 Å². The normalized spacial score (nSPS) is 10.1. The van der Waals surface area contributed by atoms with Crippen molar-refractivity contribution in [1.29, 1.82) is 0 Å². The maximum absolute atomic E-state index is 10.6. The second kappa shape index (κ2) is 11.1. The summed E-state index contributed by atoms with van der Waals surface area (Å²) in [6, 6.07) is 0. The van der Waals surface area contributed by atoms with Crippen molar-refractivity contribution >= 4 is 29.2 Å². The van der Waals surface area contributed by atoms with Crippen molar-refractivity contribution in [1.82, 2.24) is 0 Å². The lowest BCUT2D eigenvalue weighted by atomic mass is 10.1. The van der Waals surface area contributed by atoms with E-state index in [2.05, 4.69) is 0 Å². The number of esters is 1. The van der Waals surface area contributed by atoms with Crippen molar-refractivity contribution in [3.63, 3.8) is 0 Å². The maximum Gasteiger partial charge on any atom is 0.320 e. The number of hydrogen-bond donors (Lipinski definition) is 0. The van der Waals surface area contributed by atoms with Gasteiger partial charge in [0.15, 0.2) is 0 Å². The first-order chi connectivity index (χ1) is 6.81. The van der Waals surface area contributed by atoms with E-state index in [-0.39, 0.29) is 11.8 Å². The Labute approximate surface area is 95.9 Å². The average Bonchev–Trinajstić information content (AvgIpc) is 2.21. The molecule has 0 saturated heterocycles. The van der Waals surface area contributed by atoms with E-state index in [1.165, 1.54) is 19.3 Å². The second-order valence-corrected chi connectivity index (χ2v) is 3.81. The molecule has 0 aliphatic carbocycles. The summed E-state index contributed by atoms with van der Waals surface area (Å²) in [6.07, 6.45) is 6.75. The molecule has 0 unspecified atom stereocenters. The van der Waals surface area contributed by atoms with Gasteiger partial charge in [-0.15, -0.1) is 23.2 Å². The minimum Gasteiger partial charge on any atom is -0.465 e. The van der Waals surface area contributed by atoms with Crippen LogP contribution in [0.4, 0.5) is 0 Å². The van der Waals surface area contributed by atoms with Gasteiger partial charge in [0, 0.05) is 5.88 Å². The van der Waals surface area contributed by atoms with Crippen LogP contribution in [0.15, 0.2) is 0 Å². The molecule has 0 spiro atoms. The summed E-state index contributed by atoms with van der Waals surface area (Å²) in [4.78, 5) is 10.6. The zero-order valence-electron chi connectivity index (χ0n) is 8.44. The zero-order chi connectivity index (χ0) is 10.6. The van der Waals surface area contributed by atoms with Crippen molar-refractivity contribution in [3.8, 4) is 0 Å². The van der Waals surface area contributed by atoms with Gasteiger partial charge in [-0.3, -0.25) is 4.79 Å². The Morgan fingerprint density at radius 3 is 2.07 bits per heavy atom. The van der Waals surface area contributed by atoms with Crippen LogP contribution in [0.3, 0.4) is 0 Å². The molecule has 0 aliphatic rings. The predicted molar refractivity (Wildman–Crippen MR) is 60.1 cm³/mol. The summed E-state index contributed by atoms with van der Waals surface area (Å²) in [6.45, 7) is 0.501. The van der Waals surface area contributed by atoms with E-state index >= 15 is 0 Å². The first-order valence-corrected chi connectivity index (χ1v) is 6.15. The van der Waals surface area contributed by atoms with E-state index in [0.29, 0.717) is 6.61 Å². The highest BCUT2D eigenvalue weighted by Gasteiger charge is 1.98. The summed E-state index contributed by atoms with van der Waals surface area (Å²) < 4.78 is 4.83. The van der Waals surface area contributed by atoms with Crippen LogP contribution in [-0.4, -0.2) is 24.3 Å². The molecule has 0 bridgehead atoms. The molecule has 0 radical (unpaired) electrons. The molecule has 14 heavy (non-hydrogen) atoms. The average molecular weight is 241 g/mol. The zero-order valence-corrected chi connectivity index (χ0v) is 9.95. The van der Waals surface area contributed by atoms with Gasteiger partial charge in [-0.05, 0) is 12.8 Å². The molecule has 0 saturated carbocycles. The second-order valence-electron chi connectivity index (χ2n) is 3.16. The standard InChI is InChI=1S/C10H18Cl2O2/c11-7-5-3-1-2-4-6-8-14-10(13)9-12/h1-9H2. The molecule has 0 heterocycles. The number of unbranched alkanes of at least 4 members (excludes halogenated alkanes) is 5. The van der Waals surface area contributed by atoms with E-state index < -0.39 is 0 Å². The van der Waals surface area contributed by atoms with Crippen molar-refractivity contribution < 1.29 is 9.53 Å². The lowest BCUT2D eigenvalue weighted by Crippen LogP contribution is -2.06. The Morgan fingerprint density at radius 1 is 0.929 bits per heavy atom. The van der Waals surface area contributed by atoms with E-state index in [0.717, 1.165) is 25.1 Å². The van der Waals surface area contributed by atoms with Gasteiger partial charge in [0.1, 0.15) is 5.88 Å². The number of rotatable bonds is 9. The molecule has 0 N–H and O–H groups in total. The first kappa shape index (κ1) is 14.1. The Morgan fingerprint density at radius 2 is 1.50 bits per heavy atom. The van der Waals surface area contributed by atoms with Gasteiger partial charge < -0.3 is 4.74 Å². The van der Waals surface area contributed by atoms with Gasteiger partial charge in [-0.25, -0.2) is 0 Å². The molecule has 0 rings (SSSR count). The highest BCUT2D eigenvalue weighted by atomic mass is 35.5. The number of halogens is 2. The molecule has 0 amide bonds. The molecule has 0 fully saturated rings. The van der Waals surface area contributed by atoms with Crippen molar-refractivity contribution in [2.75, 3.05) is 18.4 Å². The molecule has 0 aromatic carbocycles. The molecule has 84 valence electrons. The van der Waals surface area contributed by atoms with Crippen molar-refractivity contribution in [3.05, 3.63) is 0 Å². The third kappa shape index (κ3) is 10.1. The van der Waals surface area contributed by atoms with Gasteiger partial charge in [-0.2, -0.15) is 0 Å². The van der Waals surface area contributed by atoms with Crippen LogP contribution in [0.25, 0.3) is 0 Å². The maximum atomic E-state index is 10.6. The number of carbonyl (C=O) groups is 1. The summed E-state index contributed by atoms with van der Waals surface area (Å²) >= 11 is 10.8. The first-order valence-electron chi connectivity index (χ1n) is 5.08. The number of alkyl halides is 2. The number of hydrogen-bond acceptors (Lipinski definition) is 2. The Balaban J connectivity index is 2.95. The Hall–Kier alpha value is 0.0500. The van der Waals surface area contributed by atoms with E-state index in [1.807, 2.05) is 0 Å². The molecular weight excluding hydrogens is 223 g/mol. The van der Waals surface area contributed by atoms with Gasteiger partial charge in [0.05, 0.1) is 6.61 Å². The molecule has 0 aromatic heterocycles. The third-order valence-electron chi connectivity index (χ3n) is 1.90. The summed E-state index contributed by atoms with van der Waals surface area (Å²) in [5.41, 5.74) is 0. The number of carbonyl (C=O) groups excluding carboxylic acids is 1. The minimum atomic E-state index is -0.325. The summed E-state index contributed by atoms with van der Waals surface area (Å²) in [7, 11) is 0. The highest BCUT2D eigenvalue weighted by Crippen LogP contribution is 2.06. The largest absolute Gasteiger partial charge is 0.465 e. The van der Waals surface area contributed by atoms with Gasteiger partial charge >= 0.3 is 5.97 Å². The van der Waals surface area contributed by atoms with Crippen LogP contribution in [-0.2, 0) is 9.53 Å². The lowest BCUT2D eigenvalue weighted by Gasteiger charge is -2.02. The Bertz CT molecular complexity index is 140. The monoisotopic (exact) mass is 240 g/mol. The van der Waals surface area contributed by atoms with E-state index in [4.69, 9.17) is 27.9 Å². The quantitative estimate of drug-likeness (QED) is 0.351. The highest BCUT2D eigenvalue weighted by molar-refractivity contribution is 6.26. The fourth-order valence-corrected chi connectivity index (χ4v) is 1.39. The van der Waals surface area contributed by atoms with E-state index in [9.17, 15) is 4.79 Å². The molecule has 0 aliphatic heterocycles. The van der Waals surface area contributed by atoms with Crippen molar-refractivity contribution in [2.24, 2.45) is 0 Å². The minimum absolute atomic E-state index is 0.0459. The van der Waals surface area contributed by atoms with Crippen LogP contribution >= 0.6 is 23.2 Å². The van der Waals surface area contributed by atoms with Crippen molar-refractivity contribution in [2.45, 2.75) is 38.5 Å².